The van der Waals surface area contributed by atoms with Crippen LogP contribution in [0, 0.1) is 0 Å². The molecule has 4 heteroatoms. The first kappa shape index (κ1) is 10.9. The molecule has 4 nitrogen and oxygen atoms in total. The van der Waals surface area contributed by atoms with Gasteiger partial charge in [-0.3, -0.25) is 4.90 Å². The Hall–Kier alpha value is -0.160. The number of hydrogen-bond acceptors (Lipinski definition) is 4. The largest absolute Gasteiger partial charge is 0.395 e. The summed E-state index contributed by atoms with van der Waals surface area (Å²) in [6.45, 7) is 2.32. The Bertz CT molecular complexity index is 134. The van der Waals surface area contributed by atoms with Crippen LogP contribution in [0.3, 0.4) is 0 Å². The zero-order chi connectivity index (χ0) is 9.68. The van der Waals surface area contributed by atoms with E-state index in [1.807, 2.05) is 7.05 Å². The lowest BCUT2D eigenvalue weighted by molar-refractivity contribution is 0.0191. The van der Waals surface area contributed by atoms with Gasteiger partial charge < -0.3 is 15.6 Å². The van der Waals surface area contributed by atoms with Gasteiger partial charge in [0, 0.05) is 31.8 Å². The summed E-state index contributed by atoms with van der Waals surface area (Å²) in [6.07, 6.45) is 2.10. The molecule has 1 fully saturated rings. The fourth-order valence-corrected chi connectivity index (χ4v) is 1.76. The molecule has 0 saturated carbocycles. The van der Waals surface area contributed by atoms with E-state index in [4.69, 9.17) is 15.6 Å². The molecule has 1 unspecified atom stereocenters. The number of rotatable bonds is 4. The molecule has 0 radical (unpaired) electrons. The fourth-order valence-electron chi connectivity index (χ4n) is 1.76. The van der Waals surface area contributed by atoms with Gasteiger partial charge in [0.05, 0.1) is 6.61 Å². The normalized spacial score (nSPS) is 22.2. The monoisotopic (exact) mass is 188 g/mol. The van der Waals surface area contributed by atoms with E-state index in [1.165, 1.54) is 0 Å². The van der Waals surface area contributed by atoms with Crippen LogP contribution >= 0.6 is 0 Å². The number of nitrogens with zero attached hydrogens (tertiary/aromatic N) is 1. The lowest BCUT2D eigenvalue weighted by Crippen LogP contribution is -2.48. The van der Waals surface area contributed by atoms with E-state index in [-0.39, 0.29) is 12.6 Å². The Balaban J connectivity index is 2.38. The van der Waals surface area contributed by atoms with Crippen LogP contribution in [0.1, 0.15) is 12.8 Å². The number of aliphatic hydroxyl groups is 1. The average molecular weight is 188 g/mol. The van der Waals surface area contributed by atoms with Crippen LogP contribution in [0.15, 0.2) is 0 Å². The van der Waals surface area contributed by atoms with Gasteiger partial charge in [-0.1, -0.05) is 0 Å². The fraction of sp³-hybridized carbons (Fsp3) is 1.00. The second-order valence-corrected chi connectivity index (χ2v) is 3.58. The van der Waals surface area contributed by atoms with Crippen molar-refractivity contribution in [2.75, 3.05) is 33.4 Å². The van der Waals surface area contributed by atoms with Crippen molar-refractivity contribution in [3.63, 3.8) is 0 Å². The van der Waals surface area contributed by atoms with E-state index >= 15 is 0 Å². The molecule has 0 spiro atoms. The molecule has 0 amide bonds. The molecular weight excluding hydrogens is 168 g/mol. The third-order valence-electron chi connectivity index (χ3n) is 2.83. The van der Waals surface area contributed by atoms with E-state index < -0.39 is 0 Å². The highest BCUT2D eigenvalue weighted by atomic mass is 16.5. The average Bonchev–Trinajstić information content (AvgIpc) is 2.21. The predicted molar refractivity (Wildman–Crippen MR) is 51.5 cm³/mol. The second kappa shape index (κ2) is 5.54. The summed E-state index contributed by atoms with van der Waals surface area (Å²) in [5.74, 6) is 0. The third-order valence-corrected chi connectivity index (χ3v) is 2.83. The first-order valence-corrected chi connectivity index (χ1v) is 4.90. The lowest BCUT2D eigenvalue weighted by atomic mass is 10.1. The van der Waals surface area contributed by atoms with Gasteiger partial charge in [0.15, 0.2) is 0 Å². The van der Waals surface area contributed by atoms with E-state index in [0.717, 1.165) is 26.1 Å². The number of ether oxygens (including phenoxy) is 1. The smallest absolute Gasteiger partial charge is 0.0599 e. The number of aliphatic hydroxyl groups excluding tert-OH is 1. The Morgan fingerprint density at radius 1 is 1.54 bits per heavy atom. The minimum Gasteiger partial charge on any atom is -0.395 e. The quantitative estimate of drug-likeness (QED) is 0.619. The molecule has 1 rings (SSSR count). The maximum Gasteiger partial charge on any atom is 0.0599 e. The van der Waals surface area contributed by atoms with Crippen LogP contribution in [-0.2, 0) is 4.74 Å². The molecule has 1 atom stereocenters. The minimum absolute atomic E-state index is 0.100. The maximum atomic E-state index is 9.07. The van der Waals surface area contributed by atoms with Gasteiger partial charge in [-0.25, -0.2) is 0 Å². The van der Waals surface area contributed by atoms with Crippen LogP contribution in [0.2, 0.25) is 0 Å². The van der Waals surface area contributed by atoms with Crippen molar-refractivity contribution in [1.29, 1.82) is 0 Å². The van der Waals surface area contributed by atoms with E-state index in [0.29, 0.717) is 12.6 Å². The zero-order valence-electron chi connectivity index (χ0n) is 8.28. The van der Waals surface area contributed by atoms with Gasteiger partial charge in [-0.15, -0.1) is 0 Å². The Morgan fingerprint density at radius 3 is 2.62 bits per heavy atom. The van der Waals surface area contributed by atoms with Gasteiger partial charge in [0.2, 0.25) is 0 Å². The standard InChI is InChI=1S/C9H20N2O2/c1-11(9(6-10)7-12)8-2-4-13-5-3-8/h8-9,12H,2-7,10H2,1H3. The molecule has 1 saturated heterocycles. The number of nitrogens with two attached hydrogens (primary N) is 1. The molecule has 0 aromatic rings. The van der Waals surface area contributed by atoms with Crippen molar-refractivity contribution >= 4 is 0 Å². The topological polar surface area (TPSA) is 58.7 Å². The SMILES string of the molecule is CN(C(CN)CO)C1CCOCC1. The van der Waals surface area contributed by atoms with Crippen molar-refractivity contribution in [3.05, 3.63) is 0 Å². The number of hydrogen-bond donors (Lipinski definition) is 2. The van der Waals surface area contributed by atoms with E-state index in [2.05, 4.69) is 4.90 Å². The first-order valence-electron chi connectivity index (χ1n) is 4.90. The second-order valence-electron chi connectivity index (χ2n) is 3.58. The van der Waals surface area contributed by atoms with Crippen molar-refractivity contribution in [2.45, 2.75) is 24.9 Å². The van der Waals surface area contributed by atoms with Crippen LogP contribution in [0.5, 0.6) is 0 Å². The van der Waals surface area contributed by atoms with Crippen LogP contribution < -0.4 is 5.73 Å². The van der Waals surface area contributed by atoms with Gasteiger partial charge in [-0.05, 0) is 19.9 Å². The van der Waals surface area contributed by atoms with E-state index in [9.17, 15) is 0 Å². The van der Waals surface area contributed by atoms with Crippen LogP contribution in [0.25, 0.3) is 0 Å². The summed E-state index contributed by atoms with van der Waals surface area (Å²) in [7, 11) is 2.03. The summed E-state index contributed by atoms with van der Waals surface area (Å²) >= 11 is 0. The molecule has 1 aliphatic rings. The molecule has 1 aliphatic heterocycles. The molecule has 0 aliphatic carbocycles. The highest BCUT2D eigenvalue weighted by molar-refractivity contribution is 4.78. The molecule has 1 heterocycles. The molecule has 0 bridgehead atoms. The summed E-state index contributed by atoms with van der Waals surface area (Å²) in [5, 5.41) is 9.07. The Kier molecular flexibility index (Phi) is 4.66. The summed E-state index contributed by atoms with van der Waals surface area (Å²) < 4.78 is 5.28. The third kappa shape index (κ3) is 2.91. The highest BCUT2D eigenvalue weighted by Crippen LogP contribution is 2.14. The molecule has 3 N–H and O–H groups in total. The first-order chi connectivity index (χ1) is 6.29. The minimum atomic E-state index is 0.100. The molecule has 13 heavy (non-hydrogen) atoms. The van der Waals surface area contributed by atoms with Crippen molar-refractivity contribution in [1.82, 2.24) is 4.90 Å². The predicted octanol–water partition coefficient (Wildman–Crippen LogP) is -0.583. The van der Waals surface area contributed by atoms with Gasteiger partial charge >= 0.3 is 0 Å². The molecular formula is C9H20N2O2. The zero-order valence-corrected chi connectivity index (χ0v) is 8.28. The van der Waals surface area contributed by atoms with Gasteiger partial charge in [0.25, 0.3) is 0 Å². The molecule has 0 aromatic heterocycles. The van der Waals surface area contributed by atoms with Gasteiger partial charge in [-0.2, -0.15) is 0 Å². The highest BCUT2D eigenvalue weighted by Gasteiger charge is 2.23. The van der Waals surface area contributed by atoms with Crippen LogP contribution in [0.4, 0.5) is 0 Å². The van der Waals surface area contributed by atoms with Crippen molar-refractivity contribution in [3.8, 4) is 0 Å². The molecule has 0 aromatic carbocycles. The van der Waals surface area contributed by atoms with Crippen molar-refractivity contribution < 1.29 is 9.84 Å². The van der Waals surface area contributed by atoms with Gasteiger partial charge in [0.1, 0.15) is 0 Å². The number of likely N-dealkylation sites (N-methyl/N-ethyl adjacent to an activating group) is 1. The summed E-state index contributed by atoms with van der Waals surface area (Å²) in [6, 6.07) is 0.623. The maximum absolute atomic E-state index is 9.07. The Labute approximate surface area is 79.7 Å². The van der Waals surface area contributed by atoms with Crippen molar-refractivity contribution in [2.24, 2.45) is 5.73 Å². The summed E-state index contributed by atoms with van der Waals surface area (Å²) in [5.41, 5.74) is 5.56. The lowest BCUT2D eigenvalue weighted by Gasteiger charge is -2.35. The van der Waals surface area contributed by atoms with E-state index in [1.54, 1.807) is 0 Å². The van der Waals surface area contributed by atoms with Crippen LogP contribution in [-0.4, -0.2) is 55.5 Å². The molecule has 78 valence electrons. The summed E-state index contributed by atoms with van der Waals surface area (Å²) in [4.78, 5) is 2.18. The Morgan fingerprint density at radius 2 is 2.15 bits per heavy atom.